The largest absolute Gasteiger partial charge is 0.316 e. The van der Waals surface area contributed by atoms with Crippen molar-refractivity contribution in [1.82, 2.24) is 10.2 Å². The molecule has 2 rings (SSSR count). The number of thioether (sulfide) groups is 1. The van der Waals surface area contributed by atoms with E-state index in [4.69, 9.17) is 0 Å². The topological polar surface area (TPSA) is 15.3 Å². The molecule has 0 radical (unpaired) electrons. The molecule has 18 heavy (non-hydrogen) atoms. The molecule has 1 aliphatic heterocycles. The van der Waals surface area contributed by atoms with Crippen LogP contribution in [0.2, 0.25) is 0 Å². The average molecular weight is 287 g/mol. The molecule has 0 spiro atoms. The van der Waals surface area contributed by atoms with Crippen LogP contribution in [0.1, 0.15) is 18.4 Å². The molecule has 0 aliphatic carbocycles. The van der Waals surface area contributed by atoms with Crippen LogP contribution in [0.3, 0.4) is 0 Å². The van der Waals surface area contributed by atoms with Crippen LogP contribution < -0.4 is 5.32 Å². The van der Waals surface area contributed by atoms with Gasteiger partial charge in [0.25, 0.3) is 0 Å². The Morgan fingerprint density at radius 2 is 2.06 bits per heavy atom. The van der Waals surface area contributed by atoms with Crippen LogP contribution in [-0.2, 0) is 6.54 Å². The summed E-state index contributed by atoms with van der Waals surface area (Å²) in [5, 5.41) is 3.39. The molecule has 1 fully saturated rings. The van der Waals surface area contributed by atoms with Gasteiger partial charge in [0.2, 0.25) is 0 Å². The fourth-order valence-corrected chi connectivity index (χ4v) is 2.83. The molecule has 0 aromatic heterocycles. The summed E-state index contributed by atoms with van der Waals surface area (Å²) in [7, 11) is 2.07. The van der Waals surface area contributed by atoms with Crippen molar-refractivity contribution < 1.29 is 0 Å². The quantitative estimate of drug-likeness (QED) is 0.857. The lowest BCUT2D eigenvalue weighted by atomic mass is 10.1. The third-order valence-electron chi connectivity index (χ3n) is 3.48. The van der Waals surface area contributed by atoms with Crippen LogP contribution in [0.25, 0.3) is 0 Å². The highest BCUT2D eigenvalue weighted by atomic mass is 35.5. The second-order valence-corrected chi connectivity index (χ2v) is 5.59. The minimum Gasteiger partial charge on any atom is -0.316 e. The molecule has 0 amide bonds. The second kappa shape index (κ2) is 8.05. The van der Waals surface area contributed by atoms with Gasteiger partial charge in [0.05, 0.1) is 0 Å². The van der Waals surface area contributed by atoms with Crippen LogP contribution in [0, 0.1) is 0 Å². The summed E-state index contributed by atoms with van der Waals surface area (Å²) in [4.78, 5) is 3.90. The fourth-order valence-electron chi connectivity index (χ4n) is 2.42. The summed E-state index contributed by atoms with van der Waals surface area (Å²) < 4.78 is 0. The molecule has 4 heteroatoms. The molecule has 1 saturated heterocycles. The molecule has 2 nitrogen and oxygen atoms in total. The van der Waals surface area contributed by atoms with E-state index in [1.807, 2.05) is 0 Å². The van der Waals surface area contributed by atoms with Gasteiger partial charge in [-0.05, 0) is 50.4 Å². The molecule has 0 saturated carbocycles. The number of likely N-dealkylation sites (tertiary alicyclic amines) is 1. The van der Waals surface area contributed by atoms with Crippen LogP contribution in [0.4, 0.5) is 0 Å². The zero-order chi connectivity index (χ0) is 12.1. The first kappa shape index (κ1) is 15.8. The zero-order valence-electron chi connectivity index (χ0n) is 11.2. The second-order valence-electron chi connectivity index (χ2n) is 4.71. The maximum atomic E-state index is 3.39. The summed E-state index contributed by atoms with van der Waals surface area (Å²) in [6.45, 7) is 3.51. The van der Waals surface area contributed by atoms with E-state index in [9.17, 15) is 0 Å². The SMILES string of the molecule is CNC1CCCN(Cc2ccc(SC)cc2)C1.Cl. The number of benzene rings is 1. The van der Waals surface area contributed by atoms with Crippen molar-refractivity contribution in [2.24, 2.45) is 0 Å². The molecule has 0 bridgehead atoms. The highest BCUT2D eigenvalue weighted by Crippen LogP contribution is 2.17. The lowest BCUT2D eigenvalue weighted by molar-refractivity contribution is 0.188. The van der Waals surface area contributed by atoms with Crippen molar-refractivity contribution in [2.45, 2.75) is 30.3 Å². The van der Waals surface area contributed by atoms with Gasteiger partial charge in [0.15, 0.2) is 0 Å². The van der Waals surface area contributed by atoms with E-state index in [0.29, 0.717) is 6.04 Å². The molecule has 102 valence electrons. The summed E-state index contributed by atoms with van der Waals surface area (Å²) >= 11 is 1.80. The number of likely N-dealkylation sites (N-methyl/N-ethyl adjacent to an activating group) is 1. The van der Waals surface area contributed by atoms with Gasteiger partial charge in [0.1, 0.15) is 0 Å². The molecule has 1 aliphatic rings. The van der Waals surface area contributed by atoms with Gasteiger partial charge >= 0.3 is 0 Å². The van der Waals surface area contributed by atoms with Gasteiger partial charge in [-0.1, -0.05) is 12.1 Å². The van der Waals surface area contributed by atoms with E-state index in [0.717, 1.165) is 6.54 Å². The number of nitrogens with one attached hydrogen (secondary N) is 1. The lowest BCUT2D eigenvalue weighted by Gasteiger charge is -2.32. The summed E-state index contributed by atoms with van der Waals surface area (Å²) in [5.74, 6) is 0. The summed E-state index contributed by atoms with van der Waals surface area (Å²) in [6, 6.07) is 9.64. The van der Waals surface area contributed by atoms with Crippen molar-refractivity contribution in [1.29, 1.82) is 0 Å². The fraction of sp³-hybridized carbons (Fsp3) is 0.571. The highest BCUT2D eigenvalue weighted by molar-refractivity contribution is 7.98. The molecule has 1 N–H and O–H groups in total. The predicted octanol–water partition coefficient (Wildman–Crippen LogP) is 3.01. The Hall–Kier alpha value is -0.220. The van der Waals surface area contributed by atoms with Crippen LogP contribution in [0.5, 0.6) is 0 Å². The number of hydrogen-bond donors (Lipinski definition) is 1. The molecule has 1 heterocycles. The minimum atomic E-state index is 0. The maximum absolute atomic E-state index is 3.39. The third-order valence-corrected chi connectivity index (χ3v) is 4.22. The number of halogens is 1. The van der Waals surface area contributed by atoms with Crippen molar-refractivity contribution in [2.75, 3.05) is 26.4 Å². The standard InChI is InChI=1S/C14H22N2S.ClH/c1-15-13-4-3-9-16(11-13)10-12-5-7-14(17-2)8-6-12;/h5-8,13,15H,3-4,9-11H2,1-2H3;1H. The Balaban J connectivity index is 0.00000162. The van der Waals surface area contributed by atoms with Gasteiger partial charge in [-0.2, -0.15) is 0 Å². The smallest absolute Gasteiger partial charge is 0.0234 e. The predicted molar refractivity (Wildman–Crippen MR) is 82.8 cm³/mol. The van der Waals surface area contributed by atoms with Crippen LogP contribution in [0.15, 0.2) is 29.2 Å². The number of piperidine rings is 1. The molecule has 1 aromatic rings. The highest BCUT2D eigenvalue weighted by Gasteiger charge is 2.17. The van der Waals surface area contributed by atoms with E-state index >= 15 is 0 Å². The Labute approximate surface area is 121 Å². The van der Waals surface area contributed by atoms with Crippen molar-refractivity contribution in [3.05, 3.63) is 29.8 Å². The molecular weight excluding hydrogens is 264 g/mol. The van der Waals surface area contributed by atoms with Crippen molar-refractivity contribution >= 4 is 24.2 Å². The van der Waals surface area contributed by atoms with Gasteiger partial charge < -0.3 is 5.32 Å². The average Bonchev–Trinajstić information content (AvgIpc) is 2.40. The molecule has 1 aromatic carbocycles. The maximum Gasteiger partial charge on any atom is 0.0234 e. The first-order valence-corrected chi connectivity index (χ1v) is 7.57. The first-order chi connectivity index (χ1) is 8.31. The van der Waals surface area contributed by atoms with Gasteiger partial charge in [-0.15, -0.1) is 24.2 Å². The number of nitrogens with zero attached hydrogens (tertiary/aromatic N) is 1. The summed E-state index contributed by atoms with van der Waals surface area (Å²) in [6.07, 6.45) is 4.75. The van der Waals surface area contributed by atoms with E-state index in [2.05, 4.69) is 47.8 Å². The van der Waals surface area contributed by atoms with Gasteiger partial charge in [0, 0.05) is 24.0 Å². The third kappa shape index (κ3) is 4.47. The Morgan fingerprint density at radius 3 is 2.67 bits per heavy atom. The first-order valence-electron chi connectivity index (χ1n) is 6.34. The Bertz CT molecular complexity index is 342. The van der Waals surface area contributed by atoms with Gasteiger partial charge in [-0.3, -0.25) is 4.90 Å². The molecule has 1 unspecified atom stereocenters. The van der Waals surface area contributed by atoms with Crippen molar-refractivity contribution in [3.63, 3.8) is 0 Å². The van der Waals surface area contributed by atoms with Crippen LogP contribution >= 0.6 is 24.2 Å². The van der Waals surface area contributed by atoms with E-state index in [1.54, 1.807) is 11.8 Å². The molecular formula is C14H23ClN2S. The van der Waals surface area contributed by atoms with E-state index < -0.39 is 0 Å². The molecule has 1 atom stereocenters. The minimum absolute atomic E-state index is 0. The number of rotatable bonds is 4. The summed E-state index contributed by atoms with van der Waals surface area (Å²) in [5.41, 5.74) is 1.43. The van der Waals surface area contributed by atoms with E-state index in [1.165, 1.54) is 36.4 Å². The van der Waals surface area contributed by atoms with Crippen LogP contribution in [-0.4, -0.2) is 37.3 Å². The normalized spacial score (nSPS) is 20.4. The zero-order valence-corrected chi connectivity index (χ0v) is 12.8. The monoisotopic (exact) mass is 286 g/mol. The van der Waals surface area contributed by atoms with E-state index in [-0.39, 0.29) is 12.4 Å². The Kier molecular flexibility index (Phi) is 7.08. The van der Waals surface area contributed by atoms with Gasteiger partial charge in [-0.25, -0.2) is 0 Å². The Morgan fingerprint density at radius 1 is 1.33 bits per heavy atom. The lowest BCUT2D eigenvalue weighted by Crippen LogP contribution is -2.43. The number of hydrogen-bond acceptors (Lipinski definition) is 3. The van der Waals surface area contributed by atoms with Crippen molar-refractivity contribution in [3.8, 4) is 0 Å².